The van der Waals surface area contributed by atoms with Gasteiger partial charge in [0.05, 0.1) is 18.6 Å². The van der Waals surface area contributed by atoms with Crippen LogP contribution in [0.15, 0.2) is 0 Å². The number of ether oxygens (including phenoxy) is 1. The van der Waals surface area contributed by atoms with E-state index in [1.165, 1.54) is 46.4 Å². The number of aromatic nitrogens is 4. The maximum Gasteiger partial charge on any atom is 0.279 e. The van der Waals surface area contributed by atoms with Gasteiger partial charge in [0, 0.05) is 19.2 Å². The molecule has 8 heteroatoms. The molecule has 154 valence electrons. The zero-order chi connectivity index (χ0) is 19.8. The summed E-state index contributed by atoms with van der Waals surface area (Å²) >= 11 is 1.78. The largest absolute Gasteiger partial charge is 0.373 e. The van der Waals surface area contributed by atoms with E-state index in [4.69, 9.17) is 4.74 Å². The van der Waals surface area contributed by atoms with Crippen LogP contribution in [0.2, 0.25) is 0 Å². The van der Waals surface area contributed by atoms with Crippen molar-refractivity contribution in [2.45, 2.75) is 45.4 Å². The van der Waals surface area contributed by atoms with Gasteiger partial charge in [0.1, 0.15) is 23.3 Å². The van der Waals surface area contributed by atoms with Crippen molar-refractivity contribution in [1.29, 1.82) is 0 Å². The molecule has 3 aromatic heterocycles. The van der Waals surface area contributed by atoms with Crippen molar-refractivity contribution in [2.75, 3.05) is 49.7 Å². The highest BCUT2D eigenvalue weighted by molar-refractivity contribution is 7.25. The predicted molar refractivity (Wildman–Crippen MR) is 117 cm³/mol. The molecule has 1 N–H and O–H groups in total. The summed E-state index contributed by atoms with van der Waals surface area (Å²) in [6.07, 6.45) is 7.07. The quantitative estimate of drug-likeness (QED) is 0.640. The number of rotatable bonds is 5. The highest BCUT2D eigenvalue weighted by Gasteiger charge is 2.31. The fraction of sp³-hybridized carbons (Fsp3) is 0.619. The number of unbranched alkanes of at least 4 members (excludes halogenated alkanes) is 1. The van der Waals surface area contributed by atoms with Crippen molar-refractivity contribution in [3.8, 4) is 0 Å². The minimum atomic E-state index is 0.800. The molecular formula is C21H29N6OS+. The van der Waals surface area contributed by atoms with Gasteiger partial charge in [-0.25, -0.2) is 4.98 Å². The van der Waals surface area contributed by atoms with E-state index in [1.54, 1.807) is 11.3 Å². The number of anilines is 2. The Bertz CT molecular complexity index is 1030. The van der Waals surface area contributed by atoms with Crippen LogP contribution in [-0.4, -0.2) is 55.3 Å². The van der Waals surface area contributed by atoms with Crippen molar-refractivity contribution in [3.05, 3.63) is 11.1 Å². The summed E-state index contributed by atoms with van der Waals surface area (Å²) in [6.45, 7) is 6.70. The van der Waals surface area contributed by atoms with Gasteiger partial charge in [-0.3, -0.25) is 4.90 Å². The average molecular weight is 414 g/mol. The topological polar surface area (TPSA) is 68.5 Å². The molecule has 0 atom stereocenters. The number of aryl methyl sites for hydroxylation is 1. The molecule has 0 radical (unpaired) electrons. The lowest BCUT2D eigenvalue weighted by Gasteiger charge is -2.25. The lowest BCUT2D eigenvalue weighted by Crippen LogP contribution is -2.40. The number of nitrogens with one attached hydrogen (secondary N) is 1. The molecule has 29 heavy (non-hydrogen) atoms. The van der Waals surface area contributed by atoms with Crippen molar-refractivity contribution in [2.24, 2.45) is 0 Å². The number of morpholine rings is 1. The Labute approximate surface area is 175 Å². The molecule has 1 aliphatic carbocycles. The Hall–Kier alpha value is -2.06. The first-order valence-corrected chi connectivity index (χ1v) is 11.7. The van der Waals surface area contributed by atoms with E-state index in [-0.39, 0.29) is 0 Å². The van der Waals surface area contributed by atoms with E-state index in [9.17, 15) is 0 Å². The molecule has 0 saturated carbocycles. The summed E-state index contributed by atoms with van der Waals surface area (Å²) < 4.78 is 6.74. The molecule has 3 aromatic rings. The number of hydrogen-bond acceptors (Lipinski definition) is 7. The van der Waals surface area contributed by atoms with Gasteiger partial charge in [-0.2, -0.15) is 0 Å². The first kappa shape index (κ1) is 18.9. The first-order chi connectivity index (χ1) is 14.3. The van der Waals surface area contributed by atoms with Gasteiger partial charge in [-0.05, 0) is 42.9 Å². The fourth-order valence-corrected chi connectivity index (χ4v) is 5.83. The highest BCUT2D eigenvalue weighted by atomic mass is 32.1. The second-order valence-corrected chi connectivity index (χ2v) is 9.13. The monoisotopic (exact) mass is 413 g/mol. The SMILES string of the molecule is CCCCN(C)c1nnnc2c1sc1[nH+]c(N3CCOCC3)c3c(c12)CCCC3. The number of aromatic amines is 1. The van der Waals surface area contributed by atoms with E-state index >= 15 is 0 Å². The van der Waals surface area contributed by atoms with Crippen LogP contribution in [0.3, 0.4) is 0 Å². The Balaban J connectivity index is 1.70. The molecule has 0 spiro atoms. The normalized spacial score (nSPS) is 17.1. The fourth-order valence-electron chi connectivity index (χ4n) is 4.63. The third-order valence-electron chi connectivity index (χ3n) is 6.19. The second kappa shape index (κ2) is 7.99. The second-order valence-electron chi connectivity index (χ2n) is 8.11. The molecule has 2 aliphatic rings. The number of hydrogen-bond donors (Lipinski definition) is 0. The molecule has 0 amide bonds. The number of thiophene rings is 1. The van der Waals surface area contributed by atoms with E-state index in [0.29, 0.717) is 0 Å². The molecule has 5 rings (SSSR count). The van der Waals surface area contributed by atoms with E-state index in [0.717, 1.165) is 68.1 Å². The Morgan fingerprint density at radius 1 is 1.14 bits per heavy atom. The van der Waals surface area contributed by atoms with Crippen molar-refractivity contribution < 1.29 is 9.72 Å². The number of H-pyrrole nitrogens is 1. The maximum absolute atomic E-state index is 5.59. The summed E-state index contributed by atoms with van der Waals surface area (Å²) in [7, 11) is 2.11. The van der Waals surface area contributed by atoms with Crippen LogP contribution in [0.1, 0.15) is 43.7 Å². The molecule has 0 bridgehead atoms. The minimum absolute atomic E-state index is 0.800. The smallest absolute Gasteiger partial charge is 0.279 e. The Kier molecular flexibility index (Phi) is 5.22. The average Bonchev–Trinajstić information content (AvgIpc) is 3.16. The van der Waals surface area contributed by atoms with Crippen LogP contribution in [0.4, 0.5) is 11.6 Å². The first-order valence-electron chi connectivity index (χ1n) is 10.8. The molecule has 1 saturated heterocycles. The van der Waals surface area contributed by atoms with Crippen molar-refractivity contribution in [3.63, 3.8) is 0 Å². The molecular weight excluding hydrogens is 384 g/mol. The number of fused-ring (bicyclic) bond motifs is 5. The molecule has 0 aromatic carbocycles. The zero-order valence-electron chi connectivity index (χ0n) is 17.3. The summed E-state index contributed by atoms with van der Waals surface area (Å²) in [5.41, 5.74) is 3.96. The Morgan fingerprint density at radius 2 is 1.93 bits per heavy atom. The van der Waals surface area contributed by atoms with E-state index < -0.39 is 0 Å². The van der Waals surface area contributed by atoms with E-state index in [1.807, 2.05) is 0 Å². The van der Waals surface area contributed by atoms with Gasteiger partial charge >= 0.3 is 0 Å². The van der Waals surface area contributed by atoms with Gasteiger partial charge in [-0.15, -0.1) is 10.2 Å². The number of nitrogens with zero attached hydrogens (tertiary/aromatic N) is 5. The lowest BCUT2D eigenvalue weighted by molar-refractivity contribution is -0.328. The summed E-state index contributed by atoms with van der Waals surface area (Å²) in [4.78, 5) is 9.70. The van der Waals surface area contributed by atoms with Crippen LogP contribution < -0.4 is 14.8 Å². The van der Waals surface area contributed by atoms with Crippen LogP contribution in [0, 0.1) is 0 Å². The Morgan fingerprint density at radius 3 is 2.72 bits per heavy atom. The lowest BCUT2D eigenvalue weighted by atomic mass is 9.90. The molecule has 1 aliphatic heterocycles. The summed E-state index contributed by atoms with van der Waals surface area (Å²) in [6, 6.07) is 0. The molecule has 7 nitrogen and oxygen atoms in total. The zero-order valence-corrected chi connectivity index (χ0v) is 18.1. The van der Waals surface area contributed by atoms with Crippen LogP contribution in [-0.2, 0) is 17.6 Å². The summed E-state index contributed by atoms with van der Waals surface area (Å²) in [5, 5.41) is 14.4. The van der Waals surface area contributed by atoms with Gasteiger partial charge in [0.15, 0.2) is 10.6 Å². The third-order valence-corrected chi connectivity index (χ3v) is 7.28. The predicted octanol–water partition coefficient (Wildman–Crippen LogP) is 3.01. The van der Waals surface area contributed by atoms with Gasteiger partial charge in [0.2, 0.25) is 0 Å². The van der Waals surface area contributed by atoms with Crippen LogP contribution >= 0.6 is 11.3 Å². The molecule has 0 unspecified atom stereocenters. The summed E-state index contributed by atoms with van der Waals surface area (Å²) in [5.74, 6) is 2.25. The number of pyridine rings is 1. The van der Waals surface area contributed by atoms with Crippen LogP contribution in [0.5, 0.6) is 0 Å². The highest BCUT2D eigenvalue weighted by Crippen LogP contribution is 2.41. The molecule has 1 fully saturated rings. The van der Waals surface area contributed by atoms with E-state index in [2.05, 4.69) is 44.2 Å². The van der Waals surface area contributed by atoms with Gasteiger partial charge in [0.25, 0.3) is 5.82 Å². The molecule has 4 heterocycles. The standard InChI is InChI=1S/C21H28N6OS/c1-3-4-9-26(2)20-18-17(23-25-24-20)16-14-7-5-6-8-15(14)19(22-21(16)29-18)27-10-12-28-13-11-27/h3-13H2,1-2H3/p+1. The van der Waals surface area contributed by atoms with Gasteiger partial charge in [-0.1, -0.05) is 24.7 Å². The van der Waals surface area contributed by atoms with Crippen molar-refractivity contribution >= 4 is 43.4 Å². The van der Waals surface area contributed by atoms with Crippen LogP contribution in [0.25, 0.3) is 20.4 Å². The third kappa shape index (κ3) is 3.32. The maximum atomic E-state index is 5.59. The van der Waals surface area contributed by atoms with Gasteiger partial charge < -0.3 is 9.64 Å². The van der Waals surface area contributed by atoms with Crippen molar-refractivity contribution in [1.82, 2.24) is 15.4 Å². The minimum Gasteiger partial charge on any atom is -0.373 e.